The van der Waals surface area contributed by atoms with Crippen LogP contribution in [0.4, 0.5) is 5.82 Å². The topological polar surface area (TPSA) is 64.9 Å². The molecule has 19 heavy (non-hydrogen) atoms. The summed E-state index contributed by atoms with van der Waals surface area (Å²) in [5.74, 6) is 1.58. The number of nitrogens with one attached hydrogen (secondary N) is 1. The number of ether oxygens (including phenoxy) is 1. The number of hydrogen-bond acceptors (Lipinski definition) is 5. The standard InChI is InChI=1S/C13H19N5O/c1-4-19-6-5-12-16-11(7-13(14-2)17-12)10-8-15-18(3)9-10/h7-9H,4-6H2,1-3H3,(H,14,16,17). The molecule has 0 bridgehead atoms. The van der Waals surface area contributed by atoms with Crippen LogP contribution in [0, 0.1) is 0 Å². The minimum Gasteiger partial charge on any atom is -0.381 e. The first-order chi connectivity index (χ1) is 9.22. The van der Waals surface area contributed by atoms with Crippen molar-refractivity contribution in [1.29, 1.82) is 0 Å². The molecule has 0 atom stereocenters. The van der Waals surface area contributed by atoms with Crippen LogP contribution in [-0.2, 0) is 18.2 Å². The summed E-state index contributed by atoms with van der Waals surface area (Å²) < 4.78 is 7.10. The molecule has 0 saturated carbocycles. The van der Waals surface area contributed by atoms with Gasteiger partial charge in [0.05, 0.1) is 18.5 Å². The molecule has 2 aromatic rings. The maximum atomic E-state index is 5.34. The van der Waals surface area contributed by atoms with Crippen LogP contribution in [-0.4, -0.2) is 40.0 Å². The molecular formula is C13H19N5O. The van der Waals surface area contributed by atoms with Crippen LogP contribution in [0.3, 0.4) is 0 Å². The molecule has 0 aliphatic carbocycles. The molecule has 0 amide bonds. The van der Waals surface area contributed by atoms with E-state index in [1.54, 1.807) is 10.9 Å². The summed E-state index contributed by atoms with van der Waals surface area (Å²) in [5, 5.41) is 7.22. The Morgan fingerprint density at radius 3 is 2.84 bits per heavy atom. The summed E-state index contributed by atoms with van der Waals surface area (Å²) in [4.78, 5) is 8.98. The van der Waals surface area contributed by atoms with Gasteiger partial charge in [-0.25, -0.2) is 9.97 Å². The zero-order valence-electron chi connectivity index (χ0n) is 11.6. The second kappa shape index (κ2) is 6.29. The van der Waals surface area contributed by atoms with Gasteiger partial charge in [-0.1, -0.05) is 0 Å². The van der Waals surface area contributed by atoms with E-state index in [1.807, 2.05) is 33.3 Å². The molecule has 0 saturated heterocycles. The molecule has 1 N–H and O–H groups in total. The molecule has 102 valence electrons. The highest BCUT2D eigenvalue weighted by Gasteiger charge is 2.07. The third-order valence-electron chi connectivity index (χ3n) is 2.70. The van der Waals surface area contributed by atoms with Crippen LogP contribution in [0.5, 0.6) is 0 Å². The van der Waals surface area contributed by atoms with Gasteiger partial charge >= 0.3 is 0 Å². The van der Waals surface area contributed by atoms with Gasteiger partial charge in [-0.05, 0) is 6.92 Å². The van der Waals surface area contributed by atoms with Gasteiger partial charge in [0.15, 0.2) is 0 Å². The van der Waals surface area contributed by atoms with E-state index in [4.69, 9.17) is 4.74 Å². The summed E-state index contributed by atoms with van der Waals surface area (Å²) in [6.45, 7) is 3.32. The Hall–Kier alpha value is -1.95. The van der Waals surface area contributed by atoms with Crippen molar-refractivity contribution in [3.05, 3.63) is 24.3 Å². The maximum Gasteiger partial charge on any atom is 0.133 e. The van der Waals surface area contributed by atoms with Gasteiger partial charge in [0.25, 0.3) is 0 Å². The van der Waals surface area contributed by atoms with Crippen molar-refractivity contribution in [2.24, 2.45) is 7.05 Å². The second-order valence-corrected chi connectivity index (χ2v) is 4.15. The molecule has 0 unspecified atom stereocenters. The summed E-state index contributed by atoms with van der Waals surface area (Å²) in [6.07, 6.45) is 4.44. The molecular weight excluding hydrogens is 242 g/mol. The zero-order chi connectivity index (χ0) is 13.7. The molecule has 0 aromatic carbocycles. The lowest BCUT2D eigenvalue weighted by Gasteiger charge is -2.07. The Balaban J connectivity index is 2.25. The SMILES string of the molecule is CCOCCc1nc(NC)cc(-c2cnn(C)c2)n1. The fraction of sp³-hybridized carbons (Fsp3) is 0.462. The lowest BCUT2D eigenvalue weighted by Crippen LogP contribution is -2.05. The first-order valence-corrected chi connectivity index (χ1v) is 6.35. The Bertz CT molecular complexity index is 538. The van der Waals surface area contributed by atoms with Crippen molar-refractivity contribution >= 4 is 5.82 Å². The van der Waals surface area contributed by atoms with Crippen LogP contribution >= 0.6 is 0 Å². The monoisotopic (exact) mass is 261 g/mol. The summed E-state index contributed by atoms with van der Waals surface area (Å²) in [6, 6.07) is 1.92. The zero-order valence-corrected chi connectivity index (χ0v) is 11.6. The number of aryl methyl sites for hydroxylation is 1. The highest BCUT2D eigenvalue weighted by Crippen LogP contribution is 2.19. The van der Waals surface area contributed by atoms with Crippen molar-refractivity contribution in [3.8, 4) is 11.3 Å². The number of hydrogen-bond donors (Lipinski definition) is 1. The molecule has 0 aliphatic heterocycles. The van der Waals surface area contributed by atoms with Crippen LogP contribution in [0.1, 0.15) is 12.7 Å². The molecule has 0 fully saturated rings. The Kier molecular flexibility index (Phi) is 4.46. The normalized spacial score (nSPS) is 10.7. The van der Waals surface area contributed by atoms with Gasteiger partial charge in [0, 0.05) is 44.9 Å². The second-order valence-electron chi connectivity index (χ2n) is 4.15. The van der Waals surface area contributed by atoms with E-state index >= 15 is 0 Å². The van der Waals surface area contributed by atoms with Crippen LogP contribution in [0.15, 0.2) is 18.5 Å². The Morgan fingerprint density at radius 1 is 1.37 bits per heavy atom. The number of nitrogens with zero attached hydrogens (tertiary/aromatic N) is 4. The smallest absolute Gasteiger partial charge is 0.133 e. The van der Waals surface area contributed by atoms with Crippen molar-refractivity contribution in [2.45, 2.75) is 13.3 Å². The van der Waals surface area contributed by atoms with Gasteiger partial charge in [-0.2, -0.15) is 5.10 Å². The van der Waals surface area contributed by atoms with Gasteiger partial charge in [0.1, 0.15) is 11.6 Å². The van der Waals surface area contributed by atoms with Crippen molar-refractivity contribution < 1.29 is 4.74 Å². The van der Waals surface area contributed by atoms with E-state index in [0.717, 1.165) is 22.9 Å². The average molecular weight is 261 g/mol. The van der Waals surface area contributed by atoms with E-state index < -0.39 is 0 Å². The van der Waals surface area contributed by atoms with Crippen molar-refractivity contribution in [3.63, 3.8) is 0 Å². The molecule has 0 radical (unpaired) electrons. The lowest BCUT2D eigenvalue weighted by molar-refractivity contribution is 0.149. The number of rotatable bonds is 6. The fourth-order valence-electron chi connectivity index (χ4n) is 1.75. The summed E-state index contributed by atoms with van der Waals surface area (Å²) in [5.41, 5.74) is 1.86. The summed E-state index contributed by atoms with van der Waals surface area (Å²) >= 11 is 0. The average Bonchev–Trinajstić information content (AvgIpc) is 2.85. The van der Waals surface area contributed by atoms with Crippen molar-refractivity contribution in [2.75, 3.05) is 25.6 Å². The van der Waals surface area contributed by atoms with Gasteiger partial charge in [0.2, 0.25) is 0 Å². The minimum atomic E-state index is 0.635. The Morgan fingerprint density at radius 2 is 2.21 bits per heavy atom. The predicted octanol–water partition coefficient (Wildman–Crippen LogP) is 1.50. The van der Waals surface area contributed by atoms with E-state index in [9.17, 15) is 0 Å². The van der Waals surface area contributed by atoms with Crippen LogP contribution < -0.4 is 5.32 Å². The van der Waals surface area contributed by atoms with Gasteiger partial charge in [-0.15, -0.1) is 0 Å². The molecule has 2 aromatic heterocycles. The van der Waals surface area contributed by atoms with E-state index in [1.165, 1.54) is 0 Å². The lowest BCUT2D eigenvalue weighted by atomic mass is 10.2. The predicted molar refractivity (Wildman–Crippen MR) is 74.0 cm³/mol. The minimum absolute atomic E-state index is 0.635. The largest absolute Gasteiger partial charge is 0.381 e. The third-order valence-corrected chi connectivity index (χ3v) is 2.70. The molecule has 6 heteroatoms. The maximum absolute atomic E-state index is 5.34. The molecule has 0 aliphatic rings. The highest BCUT2D eigenvalue weighted by molar-refractivity contribution is 5.60. The van der Waals surface area contributed by atoms with Crippen molar-refractivity contribution in [1.82, 2.24) is 19.7 Å². The first kappa shape index (κ1) is 13.5. The highest BCUT2D eigenvalue weighted by atomic mass is 16.5. The first-order valence-electron chi connectivity index (χ1n) is 6.35. The molecule has 6 nitrogen and oxygen atoms in total. The van der Waals surface area contributed by atoms with Crippen LogP contribution in [0.2, 0.25) is 0 Å². The third kappa shape index (κ3) is 3.51. The van der Waals surface area contributed by atoms with E-state index in [-0.39, 0.29) is 0 Å². The van der Waals surface area contributed by atoms with Gasteiger partial charge in [-0.3, -0.25) is 4.68 Å². The molecule has 2 heterocycles. The summed E-state index contributed by atoms with van der Waals surface area (Å²) in [7, 11) is 3.74. The number of anilines is 1. The number of aromatic nitrogens is 4. The fourth-order valence-corrected chi connectivity index (χ4v) is 1.75. The van der Waals surface area contributed by atoms with E-state index in [0.29, 0.717) is 19.6 Å². The molecule has 0 spiro atoms. The van der Waals surface area contributed by atoms with E-state index in [2.05, 4.69) is 20.4 Å². The van der Waals surface area contributed by atoms with Crippen LogP contribution in [0.25, 0.3) is 11.3 Å². The quantitative estimate of drug-likeness (QED) is 0.798. The molecule has 2 rings (SSSR count). The Labute approximate surface area is 112 Å². The van der Waals surface area contributed by atoms with Gasteiger partial charge < -0.3 is 10.1 Å².